The van der Waals surface area contributed by atoms with E-state index in [4.69, 9.17) is 9.47 Å². The summed E-state index contributed by atoms with van der Waals surface area (Å²) >= 11 is 3.63. The number of hydrogen-bond donors (Lipinski definition) is 0. The number of nitrogens with zero attached hydrogens (tertiary/aromatic N) is 1. The number of hydrogen-bond acceptors (Lipinski definition) is 6. The van der Waals surface area contributed by atoms with E-state index < -0.39 is 0 Å². The van der Waals surface area contributed by atoms with Gasteiger partial charge >= 0.3 is 5.97 Å². The van der Waals surface area contributed by atoms with Gasteiger partial charge in [-0.15, -0.1) is 11.8 Å². The molecule has 1 saturated carbocycles. The number of rotatable bonds is 9. The number of halogens is 2. The maximum Gasteiger partial charge on any atom is 0.331 e. The number of Topliss-reactive ketones (excluding diaryl/α,β-unsaturated/α-hetero) is 1. The number of benzene rings is 1. The highest BCUT2D eigenvalue weighted by Gasteiger charge is 2.33. The Morgan fingerprint density at radius 1 is 1.34 bits per heavy atom. The Kier molecular flexibility index (Phi) is 8.52. The number of esters is 1. The van der Waals surface area contributed by atoms with E-state index in [0.29, 0.717) is 34.8 Å². The highest BCUT2D eigenvalue weighted by atomic mass is 127. The summed E-state index contributed by atoms with van der Waals surface area (Å²) in [5.41, 5.74) is 1.90. The van der Waals surface area contributed by atoms with Gasteiger partial charge in [0, 0.05) is 55.1 Å². The second-order valence-corrected chi connectivity index (χ2v) is 9.02. The van der Waals surface area contributed by atoms with Gasteiger partial charge in [0.05, 0.1) is 5.94 Å². The predicted octanol–water partition coefficient (Wildman–Crippen LogP) is 4.19. The quantitative estimate of drug-likeness (QED) is 0.119. The van der Waals surface area contributed by atoms with E-state index in [9.17, 15) is 14.0 Å². The van der Waals surface area contributed by atoms with Gasteiger partial charge in [-0.2, -0.15) is 0 Å². The summed E-state index contributed by atoms with van der Waals surface area (Å²) in [7, 11) is 1.65. The maximum absolute atomic E-state index is 14.6. The monoisotopic (exact) mass is 533 g/mol. The fourth-order valence-electron chi connectivity index (χ4n) is 3.52. The molecule has 2 aliphatic rings. The SMILES string of the molecule is COCSC1CCN(Cc2c(F)cccc2C(=O)C2CC2)C/C1=C/C(=O)OCI. The Morgan fingerprint density at radius 2 is 2.14 bits per heavy atom. The van der Waals surface area contributed by atoms with E-state index in [1.165, 1.54) is 6.07 Å². The topological polar surface area (TPSA) is 55.8 Å². The van der Waals surface area contributed by atoms with Crippen molar-refractivity contribution in [2.24, 2.45) is 5.92 Å². The lowest BCUT2D eigenvalue weighted by Crippen LogP contribution is -2.37. The Hall–Kier alpha value is -0.970. The Bertz CT molecular complexity index is 784. The molecule has 1 aliphatic heterocycles. The molecule has 158 valence electrons. The van der Waals surface area contributed by atoms with Crippen molar-refractivity contribution in [3.8, 4) is 0 Å². The highest BCUT2D eigenvalue weighted by Crippen LogP contribution is 2.35. The highest BCUT2D eigenvalue weighted by molar-refractivity contribution is 14.1. The molecule has 1 aromatic carbocycles. The van der Waals surface area contributed by atoms with Crippen molar-refractivity contribution in [2.45, 2.75) is 31.1 Å². The number of ketones is 1. The van der Waals surface area contributed by atoms with Crippen LogP contribution < -0.4 is 0 Å². The number of alkyl halides is 1. The van der Waals surface area contributed by atoms with E-state index in [-0.39, 0.29) is 28.7 Å². The molecule has 1 heterocycles. The summed E-state index contributed by atoms with van der Waals surface area (Å²) in [6, 6.07) is 4.75. The maximum atomic E-state index is 14.6. The third kappa shape index (κ3) is 6.26. The van der Waals surface area contributed by atoms with Crippen LogP contribution in [0.4, 0.5) is 4.39 Å². The molecule has 29 heavy (non-hydrogen) atoms. The van der Waals surface area contributed by atoms with Crippen molar-refractivity contribution in [3.05, 3.63) is 46.8 Å². The second-order valence-electron chi connectivity index (χ2n) is 7.26. The van der Waals surface area contributed by atoms with Crippen molar-refractivity contribution >= 4 is 46.1 Å². The molecule has 5 nitrogen and oxygen atoms in total. The van der Waals surface area contributed by atoms with Crippen LogP contribution in [0, 0.1) is 11.7 Å². The molecular weight excluding hydrogens is 508 g/mol. The minimum absolute atomic E-state index is 0.0465. The van der Waals surface area contributed by atoms with Gasteiger partial charge in [0.25, 0.3) is 0 Å². The third-order valence-corrected chi connectivity index (χ3v) is 6.75. The summed E-state index contributed by atoms with van der Waals surface area (Å²) in [5.74, 6) is -0.0786. The molecule has 1 aromatic rings. The van der Waals surface area contributed by atoms with Crippen LogP contribution >= 0.6 is 34.4 Å². The third-order valence-electron chi connectivity index (χ3n) is 5.13. The van der Waals surface area contributed by atoms with Gasteiger partial charge in [0.1, 0.15) is 10.4 Å². The first-order valence-corrected chi connectivity index (χ1v) is 12.2. The normalized spacial score (nSPS) is 21.3. The average Bonchev–Trinajstić information content (AvgIpc) is 3.54. The molecule has 2 fully saturated rings. The summed E-state index contributed by atoms with van der Waals surface area (Å²) in [6.45, 7) is 1.63. The van der Waals surface area contributed by atoms with Crippen molar-refractivity contribution in [3.63, 3.8) is 0 Å². The van der Waals surface area contributed by atoms with Crippen LogP contribution in [0.15, 0.2) is 29.8 Å². The summed E-state index contributed by atoms with van der Waals surface area (Å²) in [5, 5.41) is 0.154. The van der Waals surface area contributed by atoms with Crippen molar-refractivity contribution < 1.29 is 23.5 Å². The molecule has 0 N–H and O–H groups in total. The zero-order chi connectivity index (χ0) is 20.8. The molecule has 8 heteroatoms. The Balaban J connectivity index is 1.76. The number of piperidine rings is 1. The first-order chi connectivity index (χ1) is 14.0. The fourth-order valence-corrected chi connectivity index (χ4v) is 4.76. The zero-order valence-electron chi connectivity index (χ0n) is 16.4. The van der Waals surface area contributed by atoms with Crippen LogP contribution in [0.5, 0.6) is 0 Å². The van der Waals surface area contributed by atoms with E-state index in [1.54, 1.807) is 37.1 Å². The van der Waals surface area contributed by atoms with Crippen LogP contribution in [0.2, 0.25) is 0 Å². The molecular formula is C21H25FINO4S. The minimum atomic E-state index is -0.366. The van der Waals surface area contributed by atoms with Crippen molar-refractivity contribution in [1.29, 1.82) is 0 Å². The molecule has 0 amide bonds. The van der Waals surface area contributed by atoms with Gasteiger partial charge < -0.3 is 9.47 Å². The Labute approximate surface area is 188 Å². The Morgan fingerprint density at radius 3 is 2.83 bits per heavy atom. The predicted molar refractivity (Wildman–Crippen MR) is 120 cm³/mol. The largest absolute Gasteiger partial charge is 0.452 e. The molecule has 1 aliphatic carbocycles. The number of thioether (sulfide) groups is 1. The number of likely N-dealkylation sites (tertiary alicyclic amines) is 1. The van der Waals surface area contributed by atoms with E-state index >= 15 is 0 Å². The molecule has 0 bridgehead atoms. The minimum Gasteiger partial charge on any atom is -0.452 e. The van der Waals surface area contributed by atoms with Gasteiger partial charge in [-0.05, 0) is 53.5 Å². The summed E-state index contributed by atoms with van der Waals surface area (Å²) < 4.78 is 25.1. The van der Waals surface area contributed by atoms with Crippen LogP contribution in [0.25, 0.3) is 0 Å². The first-order valence-electron chi connectivity index (χ1n) is 9.61. The zero-order valence-corrected chi connectivity index (χ0v) is 19.3. The fraction of sp³-hybridized carbons (Fsp3) is 0.524. The average molecular weight is 533 g/mol. The lowest BCUT2D eigenvalue weighted by Gasteiger charge is -2.34. The van der Waals surface area contributed by atoms with Crippen molar-refractivity contribution in [1.82, 2.24) is 4.90 Å². The van der Waals surface area contributed by atoms with E-state index in [0.717, 1.165) is 31.4 Å². The summed E-state index contributed by atoms with van der Waals surface area (Å²) in [6.07, 6.45) is 4.15. The number of ether oxygens (including phenoxy) is 2. The molecule has 0 spiro atoms. The summed E-state index contributed by atoms with van der Waals surface area (Å²) in [4.78, 5) is 26.7. The number of methoxy groups -OCH3 is 1. The van der Waals surface area contributed by atoms with Gasteiger partial charge in [0.15, 0.2) is 5.78 Å². The van der Waals surface area contributed by atoms with E-state index in [1.807, 2.05) is 22.6 Å². The number of carbonyl (C=O) groups is 2. The molecule has 0 aromatic heterocycles. The number of carbonyl (C=O) groups excluding carboxylic acids is 2. The van der Waals surface area contributed by atoms with Crippen LogP contribution in [-0.2, 0) is 20.8 Å². The molecule has 1 saturated heterocycles. The smallest absolute Gasteiger partial charge is 0.331 e. The van der Waals surface area contributed by atoms with Crippen molar-refractivity contribution in [2.75, 3.05) is 30.8 Å². The first kappa shape index (κ1) is 22.7. The van der Waals surface area contributed by atoms with Gasteiger partial charge in [-0.25, -0.2) is 9.18 Å². The molecule has 1 atom stereocenters. The van der Waals surface area contributed by atoms with Gasteiger partial charge in [-0.3, -0.25) is 9.69 Å². The van der Waals surface area contributed by atoms with Gasteiger partial charge in [-0.1, -0.05) is 12.1 Å². The van der Waals surface area contributed by atoms with E-state index in [2.05, 4.69) is 4.90 Å². The molecule has 3 rings (SSSR count). The van der Waals surface area contributed by atoms with Gasteiger partial charge in [0.2, 0.25) is 0 Å². The van der Waals surface area contributed by atoms with Crippen LogP contribution in [-0.4, -0.2) is 52.7 Å². The van der Waals surface area contributed by atoms with Crippen LogP contribution in [0.1, 0.15) is 35.2 Å². The lowest BCUT2D eigenvalue weighted by molar-refractivity contribution is -0.135. The van der Waals surface area contributed by atoms with Crippen LogP contribution in [0.3, 0.4) is 0 Å². The second kappa shape index (κ2) is 10.9. The molecule has 1 unspecified atom stereocenters. The lowest BCUT2D eigenvalue weighted by atomic mass is 9.98. The molecule has 0 radical (unpaired) electrons. The standard InChI is InChI=1S/C21H25FINO4S/c1-27-13-29-19-7-8-24(10-15(19)9-20(25)28-12-23)11-17-16(3-2-4-18(17)22)21(26)14-5-6-14/h2-4,9,14,19H,5-8,10-13H2,1H3/b15-9-.